The topological polar surface area (TPSA) is 82.4 Å². The van der Waals surface area contributed by atoms with Gasteiger partial charge in [-0.15, -0.1) is 0 Å². The van der Waals surface area contributed by atoms with Gasteiger partial charge < -0.3 is 14.0 Å². The van der Waals surface area contributed by atoms with Gasteiger partial charge in [0.1, 0.15) is 29.7 Å². The Bertz CT molecular complexity index is 1330. The lowest BCUT2D eigenvalue weighted by Crippen LogP contribution is -2.32. The van der Waals surface area contributed by atoms with Crippen LogP contribution in [-0.4, -0.2) is 33.4 Å². The number of nitrogens with zero attached hydrogens (tertiary/aromatic N) is 2. The Labute approximate surface area is 208 Å². The molecular weight excluding hydrogens is 462 g/mol. The summed E-state index contributed by atoms with van der Waals surface area (Å²) >= 11 is 1.41. The molecule has 1 unspecified atom stereocenters. The van der Waals surface area contributed by atoms with Crippen molar-refractivity contribution in [2.24, 2.45) is 7.05 Å². The number of fused-ring (bicyclic) bond motifs is 1. The monoisotopic (exact) mass is 489 g/mol. The molecule has 0 spiro atoms. The second kappa shape index (κ2) is 11.1. The van der Waals surface area contributed by atoms with Gasteiger partial charge >= 0.3 is 0 Å². The first-order chi connectivity index (χ1) is 17.0. The maximum absolute atomic E-state index is 11.9. The molecular formula is C27H27N3O4S. The molecule has 0 aliphatic heterocycles. The highest BCUT2D eigenvalue weighted by molar-refractivity contribution is 7.99. The Kier molecular flexibility index (Phi) is 7.72. The summed E-state index contributed by atoms with van der Waals surface area (Å²) in [5.41, 5.74) is 3.89. The lowest BCUT2D eigenvalue weighted by Gasteiger charge is -2.13. The number of carbonyl (C=O) groups is 2. The highest BCUT2D eigenvalue weighted by atomic mass is 32.2. The number of hydrogen-bond acceptors (Lipinski definition) is 6. The molecule has 0 saturated heterocycles. The van der Waals surface area contributed by atoms with E-state index in [1.54, 1.807) is 0 Å². The van der Waals surface area contributed by atoms with E-state index in [1.807, 2.05) is 91.5 Å². The van der Waals surface area contributed by atoms with Crippen LogP contribution in [0.15, 0.2) is 66.7 Å². The summed E-state index contributed by atoms with van der Waals surface area (Å²) in [6, 6.07) is 21.4. The zero-order chi connectivity index (χ0) is 24.8. The fourth-order valence-electron chi connectivity index (χ4n) is 3.73. The first-order valence-corrected chi connectivity index (χ1v) is 12.4. The highest BCUT2D eigenvalue weighted by Crippen LogP contribution is 2.28. The van der Waals surface area contributed by atoms with Crippen LogP contribution in [0.2, 0.25) is 0 Å². The normalized spacial score (nSPS) is 11.7. The molecule has 1 aromatic heterocycles. The largest absolute Gasteiger partial charge is 0.486 e. The Balaban J connectivity index is 1.41. The molecule has 1 N–H and O–H groups in total. The lowest BCUT2D eigenvalue weighted by molar-refractivity contribution is -0.124. The van der Waals surface area contributed by atoms with Crippen molar-refractivity contribution < 1.29 is 19.1 Å². The van der Waals surface area contributed by atoms with Crippen molar-refractivity contribution in [1.82, 2.24) is 14.9 Å². The number of amides is 2. The standard InChI is InChI=1S/C27H27N3O4S/c1-18-6-4-5-7-24(18)34-21-12-13-22-23(15-21)30(2)26(29-22)16-33-20-10-8-19(9-11-20)14-25(35-3)27(32)28-17-31/h4-13,15,17,25H,14,16H2,1-3H3,(H,28,31,32). The number of imidazole rings is 1. The van der Waals surface area contributed by atoms with Crippen LogP contribution in [0.4, 0.5) is 0 Å². The zero-order valence-electron chi connectivity index (χ0n) is 19.9. The number of nitrogens with one attached hydrogen (secondary N) is 1. The molecule has 4 rings (SSSR count). The van der Waals surface area contributed by atoms with Crippen LogP contribution in [0.5, 0.6) is 17.2 Å². The van der Waals surface area contributed by atoms with Gasteiger partial charge in [-0.1, -0.05) is 30.3 Å². The van der Waals surface area contributed by atoms with E-state index in [1.165, 1.54) is 11.8 Å². The van der Waals surface area contributed by atoms with E-state index < -0.39 is 0 Å². The van der Waals surface area contributed by atoms with E-state index in [0.717, 1.165) is 39.5 Å². The van der Waals surface area contributed by atoms with Gasteiger partial charge in [-0.05, 0) is 61.1 Å². The summed E-state index contributed by atoms with van der Waals surface area (Å²) in [6.07, 6.45) is 2.79. The average molecular weight is 490 g/mol. The summed E-state index contributed by atoms with van der Waals surface area (Å²) in [5.74, 6) is 2.80. The van der Waals surface area contributed by atoms with Crippen molar-refractivity contribution >= 4 is 35.1 Å². The molecule has 2 amide bonds. The molecule has 0 fully saturated rings. The predicted molar refractivity (Wildman–Crippen MR) is 138 cm³/mol. The van der Waals surface area contributed by atoms with Gasteiger partial charge in [0.2, 0.25) is 12.3 Å². The van der Waals surface area contributed by atoms with Crippen LogP contribution in [0.1, 0.15) is 17.0 Å². The molecule has 0 aliphatic rings. The van der Waals surface area contributed by atoms with Gasteiger partial charge in [0.25, 0.3) is 0 Å². The third-order valence-corrected chi connectivity index (χ3v) is 6.71. The molecule has 0 radical (unpaired) electrons. The van der Waals surface area contributed by atoms with Crippen molar-refractivity contribution in [3.8, 4) is 17.2 Å². The van der Waals surface area contributed by atoms with Crippen LogP contribution >= 0.6 is 11.8 Å². The molecule has 1 atom stereocenters. The predicted octanol–water partition coefficient (Wildman–Crippen LogP) is 4.80. The van der Waals surface area contributed by atoms with Crippen molar-refractivity contribution in [2.75, 3.05) is 6.26 Å². The number of aromatic nitrogens is 2. The number of ether oxygens (including phenoxy) is 2. The molecule has 4 aromatic rings. The smallest absolute Gasteiger partial charge is 0.239 e. The highest BCUT2D eigenvalue weighted by Gasteiger charge is 2.17. The van der Waals surface area contributed by atoms with Gasteiger partial charge in [-0.3, -0.25) is 14.9 Å². The first kappa shape index (κ1) is 24.3. The quantitative estimate of drug-likeness (QED) is 0.322. The van der Waals surface area contributed by atoms with E-state index in [9.17, 15) is 9.59 Å². The summed E-state index contributed by atoms with van der Waals surface area (Å²) in [6.45, 7) is 2.33. The third-order valence-electron chi connectivity index (χ3n) is 5.76. The molecule has 8 heteroatoms. The van der Waals surface area contributed by atoms with Gasteiger partial charge in [0.15, 0.2) is 0 Å². The minimum absolute atomic E-state index is 0.290. The zero-order valence-corrected chi connectivity index (χ0v) is 20.7. The minimum Gasteiger partial charge on any atom is -0.486 e. The van der Waals surface area contributed by atoms with Crippen molar-refractivity contribution in [1.29, 1.82) is 0 Å². The molecule has 0 aliphatic carbocycles. The Morgan fingerprint density at radius 2 is 1.86 bits per heavy atom. The van der Waals surface area contributed by atoms with E-state index in [4.69, 9.17) is 14.5 Å². The molecule has 35 heavy (non-hydrogen) atoms. The Morgan fingerprint density at radius 1 is 1.11 bits per heavy atom. The van der Waals surface area contributed by atoms with Crippen LogP contribution < -0.4 is 14.8 Å². The van der Waals surface area contributed by atoms with E-state index in [2.05, 4.69) is 5.32 Å². The van der Waals surface area contributed by atoms with Gasteiger partial charge in [0.05, 0.1) is 16.3 Å². The summed E-state index contributed by atoms with van der Waals surface area (Å²) in [5, 5.41) is 1.89. The van der Waals surface area contributed by atoms with Crippen LogP contribution in [0, 0.1) is 6.92 Å². The first-order valence-electron chi connectivity index (χ1n) is 11.2. The maximum atomic E-state index is 11.9. The molecule has 0 saturated carbocycles. The van der Waals surface area contributed by atoms with Gasteiger partial charge in [-0.2, -0.15) is 11.8 Å². The number of thioether (sulfide) groups is 1. The van der Waals surface area contributed by atoms with E-state index >= 15 is 0 Å². The molecule has 7 nitrogen and oxygen atoms in total. The Hall–Kier alpha value is -3.78. The molecule has 0 bridgehead atoms. The SMILES string of the molecule is CSC(Cc1ccc(OCc2nc3ccc(Oc4ccccc4C)cc3n2C)cc1)C(=O)NC=O. The number of carbonyl (C=O) groups excluding carboxylic acids is 2. The third kappa shape index (κ3) is 5.84. The second-order valence-electron chi connectivity index (χ2n) is 8.09. The van der Waals surface area contributed by atoms with Crippen LogP contribution in [0.3, 0.4) is 0 Å². The van der Waals surface area contributed by atoms with E-state index in [-0.39, 0.29) is 11.2 Å². The molecule has 180 valence electrons. The maximum Gasteiger partial charge on any atom is 0.239 e. The molecule has 3 aromatic carbocycles. The fourth-order valence-corrected chi connectivity index (χ4v) is 4.37. The minimum atomic E-state index is -0.327. The van der Waals surface area contributed by atoms with Gasteiger partial charge in [-0.25, -0.2) is 4.98 Å². The number of benzene rings is 3. The number of hydrogen-bond donors (Lipinski definition) is 1. The second-order valence-corrected chi connectivity index (χ2v) is 9.13. The van der Waals surface area contributed by atoms with Crippen LogP contribution in [-0.2, 0) is 29.7 Å². The van der Waals surface area contributed by atoms with E-state index in [0.29, 0.717) is 25.2 Å². The summed E-state index contributed by atoms with van der Waals surface area (Å²) < 4.78 is 14.0. The number of imide groups is 1. The number of aryl methyl sites for hydroxylation is 2. The fraction of sp³-hybridized carbons (Fsp3) is 0.222. The van der Waals surface area contributed by atoms with Crippen molar-refractivity contribution in [2.45, 2.75) is 25.2 Å². The number of rotatable bonds is 10. The molecule has 1 heterocycles. The van der Waals surface area contributed by atoms with Crippen molar-refractivity contribution in [3.05, 3.63) is 83.7 Å². The van der Waals surface area contributed by atoms with Crippen molar-refractivity contribution in [3.63, 3.8) is 0 Å². The van der Waals surface area contributed by atoms with Gasteiger partial charge in [0, 0.05) is 13.1 Å². The Morgan fingerprint density at radius 3 is 2.57 bits per heavy atom. The van der Waals surface area contributed by atoms with Crippen LogP contribution in [0.25, 0.3) is 11.0 Å². The summed E-state index contributed by atoms with van der Waals surface area (Å²) in [4.78, 5) is 27.2. The summed E-state index contributed by atoms with van der Waals surface area (Å²) in [7, 11) is 1.96. The average Bonchev–Trinajstić information content (AvgIpc) is 3.18. The lowest BCUT2D eigenvalue weighted by atomic mass is 10.1. The number of para-hydroxylation sites is 1.